The van der Waals surface area contributed by atoms with Crippen molar-refractivity contribution in [3.63, 3.8) is 0 Å². The third-order valence-corrected chi connectivity index (χ3v) is 5.22. The molecular formula is C18H27N3O3. The molecule has 1 amide bonds. The molecule has 0 aromatic carbocycles. The maximum absolute atomic E-state index is 12.0. The molecule has 0 saturated heterocycles. The summed E-state index contributed by atoms with van der Waals surface area (Å²) in [6.07, 6.45) is 9.60. The molecule has 0 aliphatic heterocycles. The molecule has 2 rings (SSSR count). The Labute approximate surface area is 143 Å². The molecule has 0 atom stereocenters. The van der Waals surface area contributed by atoms with Gasteiger partial charge in [-0.3, -0.25) is 9.78 Å². The second-order valence-electron chi connectivity index (χ2n) is 7.12. The van der Waals surface area contributed by atoms with Crippen molar-refractivity contribution in [1.29, 1.82) is 0 Å². The molecule has 1 aliphatic rings. The molecule has 0 spiro atoms. The van der Waals surface area contributed by atoms with E-state index in [1.54, 1.807) is 0 Å². The van der Waals surface area contributed by atoms with Crippen molar-refractivity contribution in [2.75, 3.05) is 6.61 Å². The van der Waals surface area contributed by atoms with Gasteiger partial charge in [0.05, 0.1) is 6.20 Å². The second-order valence-corrected chi connectivity index (χ2v) is 7.12. The zero-order valence-electron chi connectivity index (χ0n) is 14.7. The number of ether oxygens (including phenoxy) is 1. The number of carbonyl (C=O) groups excluding carboxylic acids is 2. The molecule has 0 radical (unpaired) electrons. The smallest absolute Gasteiger partial charge is 0.359 e. The van der Waals surface area contributed by atoms with Gasteiger partial charge in [0, 0.05) is 18.4 Å². The number of hydrogen-bond donors (Lipinski definition) is 1. The number of carbonyl (C=O) groups is 2. The number of esters is 1. The number of hydrogen-bond acceptors (Lipinski definition) is 5. The van der Waals surface area contributed by atoms with Crippen molar-refractivity contribution in [3.8, 4) is 0 Å². The summed E-state index contributed by atoms with van der Waals surface area (Å²) in [5, 5.41) is 2.96. The van der Waals surface area contributed by atoms with Crippen LogP contribution in [-0.2, 0) is 9.53 Å². The van der Waals surface area contributed by atoms with E-state index >= 15 is 0 Å². The minimum atomic E-state index is -0.633. The number of nitrogens with zero attached hydrogens (tertiary/aromatic N) is 2. The number of nitrogens with one attached hydrogen (secondary N) is 1. The van der Waals surface area contributed by atoms with Crippen LogP contribution in [-0.4, -0.2) is 34.5 Å². The molecule has 1 saturated carbocycles. The highest BCUT2D eigenvalue weighted by Gasteiger charge is 2.32. The predicted octanol–water partition coefficient (Wildman–Crippen LogP) is 2.74. The van der Waals surface area contributed by atoms with E-state index < -0.39 is 5.97 Å². The lowest BCUT2D eigenvalue weighted by molar-refractivity contribution is -0.125. The van der Waals surface area contributed by atoms with Crippen LogP contribution >= 0.6 is 0 Å². The van der Waals surface area contributed by atoms with E-state index in [9.17, 15) is 9.59 Å². The molecule has 24 heavy (non-hydrogen) atoms. The Bertz CT molecular complexity index is 552. The van der Waals surface area contributed by atoms with E-state index in [0.717, 1.165) is 25.7 Å². The second kappa shape index (κ2) is 8.22. The summed E-state index contributed by atoms with van der Waals surface area (Å²) in [6.45, 7) is 6.60. The first-order chi connectivity index (χ1) is 11.4. The van der Waals surface area contributed by atoms with E-state index in [2.05, 4.69) is 36.1 Å². The van der Waals surface area contributed by atoms with Crippen LogP contribution in [0.25, 0.3) is 0 Å². The molecule has 1 aromatic rings. The normalized spacial score (nSPS) is 21.1. The van der Waals surface area contributed by atoms with E-state index in [1.807, 2.05) is 0 Å². The van der Waals surface area contributed by atoms with E-state index in [0.29, 0.717) is 11.3 Å². The quantitative estimate of drug-likeness (QED) is 0.810. The summed E-state index contributed by atoms with van der Waals surface area (Å²) in [7, 11) is 0. The van der Waals surface area contributed by atoms with E-state index in [1.165, 1.54) is 25.0 Å². The Hall–Kier alpha value is -1.98. The van der Waals surface area contributed by atoms with Gasteiger partial charge in [0.15, 0.2) is 12.3 Å². The molecular weight excluding hydrogens is 306 g/mol. The molecule has 132 valence electrons. The summed E-state index contributed by atoms with van der Waals surface area (Å²) < 4.78 is 4.97. The fourth-order valence-electron chi connectivity index (χ4n) is 3.19. The third kappa shape index (κ3) is 5.01. The van der Waals surface area contributed by atoms with Gasteiger partial charge in [0.25, 0.3) is 5.91 Å². The largest absolute Gasteiger partial charge is 0.451 e. The molecule has 6 nitrogen and oxygen atoms in total. The van der Waals surface area contributed by atoms with Gasteiger partial charge in [-0.1, -0.05) is 27.2 Å². The Balaban J connectivity index is 1.71. The van der Waals surface area contributed by atoms with Gasteiger partial charge in [0.2, 0.25) is 0 Å². The first kappa shape index (κ1) is 18.4. The Morgan fingerprint density at radius 2 is 1.96 bits per heavy atom. The maximum atomic E-state index is 12.0. The number of rotatable bonds is 6. The molecule has 1 aromatic heterocycles. The zero-order valence-corrected chi connectivity index (χ0v) is 14.7. The topological polar surface area (TPSA) is 81.2 Å². The molecule has 0 bridgehead atoms. The first-order valence-corrected chi connectivity index (χ1v) is 8.65. The van der Waals surface area contributed by atoms with Crippen LogP contribution in [0.4, 0.5) is 0 Å². The number of amides is 1. The van der Waals surface area contributed by atoms with Gasteiger partial charge < -0.3 is 10.1 Å². The number of aromatic nitrogens is 2. The lowest BCUT2D eigenvalue weighted by Gasteiger charge is -2.39. The van der Waals surface area contributed by atoms with E-state index in [4.69, 9.17) is 4.74 Å². The van der Waals surface area contributed by atoms with Gasteiger partial charge in [-0.05, 0) is 37.0 Å². The van der Waals surface area contributed by atoms with Crippen LogP contribution in [0, 0.1) is 11.3 Å². The monoisotopic (exact) mass is 333 g/mol. The highest BCUT2D eigenvalue weighted by atomic mass is 16.5. The molecule has 1 fully saturated rings. The summed E-state index contributed by atoms with van der Waals surface area (Å²) in [6, 6.07) is 0.177. The highest BCUT2D eigenvalue weighted by Crippen LogP contribution is 2.40. The summed E-state index contributed by atoms with van der Waals surface area (Å²) >= 11 is 0. The van der Waals surface area contributed by atoms with Crippen LogP contribution in [0.1, 0.15) is 63.4 Å². The first-order valence-electron chi connectivity index (χ1n) is 8.65. The van der Waals surface area contributed by atoms with Crippen LogP contribution in [0.15, 0.2) is 18.6 Å². The minimum Gasteiger partial charge on any atom is -0.451 e. The fraction of sp³-hybridized carbons (Fsp3) is 0.667. The van der Waals surface area contributed by atoms with Crippen molar-refractivity contribution in [3.05, 3.63) is 24.3 Å². The average molecular weight is 333 g/mol. The summed E-state index contributed by atoms with van der Waals surface area (Å²) in [5.41, 5.74) is 0.467. The van der Waals surface area contributed by atoms with Gasteiger partial charge in [-0.25, -0.2) is 9.78 Å². The fourth-order valence-corrected chi connectivity index (χ4v) is 3.19. The Kier molecular flexibility index (Phi) is 6.29. The maximum Gasteiger partial charge on any atom is 0.359 e. The Morgan fingerprint density at radius 3 is 2.54 bits per heavy atom. The third-order valence-electron chi connectivity index (χ3n) is 5.22. The lowest BCUT2D eigenvalue weighted by Crippen LogP contribution is -2.41. The predicted molar refractivity (Wildman–Crippen MR) is 90.3 cm³/mol. The van der Waals surface area contributed by atoms with Gasteiger partial charge >= 0.3 is 5.97 Å². The zero-order chi connectivity index (χ0) is 17.6. The van der Waals surface area contributed by atoms with Crippen molar-refractivity contribution in [1.82, 2.24) is 15.3 Å². The van der Waals surface area contributed by atoms with Crippen LogP contribution in [0.3, 0.4) is 0 Å². The lowest BCUT2D eigenvalue weighted by atomic mass is 9.69. The van der Waals surface area contributed by atoms with Crippen LogP contribution in [0.5, 0.6) is 0 Å². The van der Waals surface area contributed by atoms with Crippen LogP contribution in [0.2, 0.25) is 0 Å². The molecule has 1 aliphatic carbocycles. The van der Waals surface area contributed by atoms with Crippen molar-refractivity contribution < 1.29 is 14.3 Å². The molecule has 1 N–H and O–H groups in total. The van der Waals surface area contributed by atoms with Crippen LogP contribution < -0.4 is 5.32 Å². The summed E-state index contributed by atoms with van der Waals surface area (Å²) in [4.78, 5) is 31.3. The van der Waals surface area contributed by atoms with Crippen molar-refractivity contribution in [2.24, 2.45) is 11.3 Å². The van der Waals surface area contributed by atoms with Crippen molar-refractivity contribution >= 4 is 11.9 Å². The SMILES string of the molecule is CCC(C)(C)C1CCC(NC(=O)COC(=O)c2cnccn2)CC1. The van der Waals surface area contributed by atoms with Gasteiger partial charge in [0.1, 0.15) is 0 Å². The highest BCUT2D eigenvalue weighted by molar-refractivity contribution is 5.89. The average Bonchev–Trinajstić information content (AvgIpc) is 2.61. The standard InChI is InChI=1S/C18H27N3O3/c1-4-18(2,3)13-5-7-14(8-6-13)21-16(22)12-24-17(23)15-11-19-9-10-20-15/h9-11,13-14H,4-8,12H2,1-3H3,(H,21,22). The Morgan fingerprint density at radius 1 is 1.25 bits per heavy atom. The minimum absolute atomic E-state index is 0.104. The summed E-state index contributed by atoms with van der Waals surface area (Å²) in [5.74, 6) is -0.178. The molecule has 0 unspecified atom stereocenters. The van der Waals surface area contributed by atoms with E-state index in [-0.39, 0.29) is 24.2 Å². The molecule has 1 heterocycles. The molecule has 6 heteroatoms. The van der Waals surface area contributed by atoms with Gasteiger partial charge in [-0.15, -0.1) is 0 Å². The van der Waals surface area contributed by atoms with Crippen molar-refractivity contribution in [2.45, 2.75) is 58.9 Å². The van der Waals surface area contributed by atoms with Gasteiger partial charge in [-0.2, -0.15) is 0 Å².